The molecule has 2 heterocycles. The molecule has 0 radical (unpaired) electrons. The van der Waals surface area contributed by atoms with Crippen LogP contribution in [0.25, 0.3) is 0 Å². The van der Waals surface area contributed by atoms with Gasteiger partial charge in [-0.05, 0) is 44.0 Å². The highest BCUT2D eigenvalue weighted by Crippen LogP contribution is 2.25. The molecule has 2 N–H and O–H groups in total. The molecule has 0 aromatic heterocycles. The molecule has 24 heavy (non-hydrogen) atoms. The smallest absolute Gasteiger partial charge is 0.251 e. The Bertz CT molecular complexity index is 684. The van der Waals surface area contributed by atoms with Crippen LogP contribution in [-0.2, 0) is 10.0 Å². The summed E-state index contributed by atoms with van der Waals surface area (Å²) < 4.78 is 27.1. The summed E-state index contributed by atoms with van der Waals surface area (Å²) in [6.07, 6.45) is 2.87. The van der Waals surface area contributed by atoms with Crippen molar-refractivity contribution in [1.82, 2.24) is 14.9 Å². The lowest BCUT2D eigenvalue weighted by Crippen LogP contribution is -2.48. The van der Waals surface area contributed by atoms with Crippen LogP contribution in [0.15, 0.2) is 29.2 Å². The molecule has 3 rings (SSSR count). The summed E-state index contributed by atoms with van der Waals surface area (Å²) in [7, 11) is -3.48. The van der Waals surface area contributed by atoms with E-state index in [1.165, 1.54) is 12.1 Å². The zero-order valence-electron chi connectivity index (χ0n) is 14.0. The molecule has 1 atom stereocenters. The second-order valence-electron chi connectivity index (χ2n) is 6.72. The molecule has 2 aliphatic heterocycles. The molecule has 0 bridgehead atoms. The lowest BCUT2D eigenvalue weighted by molar-refractivity contribution is 0.0942. The van der Waals surface area contributed by atoms with Crippen molar-refractivity contribution in [2.45, 2.75) is 37.1 Å². The first-order valence-corrected chi connectivity index (χ1v) is 10.0. The highest BCUT2D eigenvalue weighted by Gasteiger charge is 2.30. The van der Waals surface area contributed by atoms with Crippen LogP contribution in [0.5, 0.6) is 0 Å². The molecule has 2 fully saturated rings. The summed E-state index contributed by atoms with van der Waals surface area (Å²) in [5.41, 5.74) is 0.493. The van der Waals surface area contributed by atoms with Crippen molar-refractivity contribution in [3.05, 3.63) is 29.8 Å². The minimum atomic E-state index is -3.48. The van der Waals surface area contributed by atoms with E-state index < -0.39 is 10.0 Å². The number of hydrogen-bond donors (Lipinski definition) is 2. The number of hydrogen-bond acceptors (Lipinski definition) is 4. The summed E-state index contributed by atoms with van der Waals surface area (Å²) in [5.74, 6) is 0.339. The van der Waals surface area contributed by atoms with Gasteiger partial charge in [-0.25, -0.2) is 8.42 Å². The molecule has 1 amide bonds. The molecule has 0 spiro atoms. The van der Waals surface area contributed by atoms with Gasteiger partial charge in [-0.15, -0.1) is 0 Å². The maximum Gasteiger partial charge on any atom is 0.251 e. The van der Waals surface area contributed by atoms with Gasteiger partial charge in [0, 0.05) is 43.7 Å². The number of benzene rings is 1. The van der Waals surface area contributed by atoms with E-state index >= 15 is 0 Å². The molecule has 132 valence electrons. The Balaban J connectivity index is 1.67. The Hall–Kier alpha value is -1.44. The number of piperidine rings is 1. The monoisotopic (exact) mass is 351 g/mol. The predicted molar refractivity (Wildman–Crippen MR) is 92.3 cm³/mol. The van der Waals surface area contributed by atoms with Crippen LogP contribution >= 0.6 is 0 Å². The normalized spacial score (nSPS) is 22.8. The highest BCUT2D eigenvalue weighted by molar-refractivity contribution is 7.89. The maximum atomic E-state index is 12.8. The second-order valence-corrected chi connectivity index (χ2v) is 8.61. The van der Waals surface area contributed by atoms with Crippen molar-refractivity contribution in [1.29, 1.82) is 0 Å². The quantitative estimate of drug-likeness (QED) is 0.835. The van der Waals surface area contributed by atoms with Crippen LogP contribution < -0.4 is 10.6 Å². The zero-order valence-corrected chi connectivity index (χ0v) is 14.8. The van der Waals surface area contributed by atoms with Gasteiger partial charge in [-0.3, -0.25) is 4.79 Å². The van der Waals surface area contributed by atoms with Crippen LogP contribution in [-0.4, -0.2) is 50.9 Å². The fourth-order valence-electron chi connectivity index (χ4n) is 3.17. The van der Waals surface area contributed by atoms with Crippen LogP contribution in [0, 0.1) is 5.92 Å². The predicted octanol–water partition coefficient (Wildman–Crippen LogP) is 1.20. The molecule has 2 aliphatic rings. The Morgan fingerprint density at radius 3 is 2.54 bits per heavy atom. The van der Waals surface area contributed by atoms with Gasteiger partial charge in [0.05, 0.1) is 4.90 Å². The Morgan fingerprint density at radius 2 is 1.96 bits per heavy atom. The van der Waals surface area contributed by atoms with Crippen molar-refractivity contribution in [2.24, 2.45) is 5.92 Å². The first-order valence-electron chi connectivity index (χ1n) is 8.59. The van der Waals surface area contributed by atoms with E-state index in [4.69, 9.17) is 0 Å². The summed E-state index contributed by atoms with van der Waals surface area (Å²) in [6, 6.07) is 6.29. The molecule has 0 aliphatic carbocycles. The van der Waals surface area contributed by atoms with Crippen molar-refractivity contribution in [2.75, 3.05) is 26.2 Å². The van der Waals surface area contributed by atoms with Crippen molar-refractivity contribution in [3.8, 4) is 0 Å². The summed E-state index contributed by atoms with van der Waals surface area (Å²) in [5, 5.41) is 6.05. The highest BCUT2D eigenvalue weighted by atomic mass is 32.2. The van der Waals surface area contributed by atoms with Gasteiger partial charge in [0.1, 0.15) is 0 Å². The zero-order chi connectivity index (χ0) is 17.2. The van der Waals surface area contributed by atoms with Crippen LogP contribution in [0.3, 0.4) is 0 Å². The number of carbonyl (C=O) groups excluding carboxylic acids is 1. The van der Waals surface area contributed by atoms with E-state index in [-0.39, 0.29) is 16.8 Å². The molecule has 1 aromatic rings. The van der Waals surface area contributed by atoms with E-state index in [9.17, 15) is 13.2 Å². The molecule has 1 aromatic carbocycles. The molecule has 1 unspecified atom stereocenters. The Labute approximate surface area is 143 Å². The fraction of sp³-hybridized carbons (Fsp3) is 0.588. The topological polar surface area (TPSA) is 78.5 Å². The van der Waals surface area contributed by atoms with Gasteiger partial charge in [-0.1, -0.05) is 6.42 Å². The van der Waals surface area contributed by atoms with E-state index in [0.29, 0.717) is 24.6 Å². The van der Waals surface area contributed by atoms with Crippen LogP contribution in [0.2, 0.25) is 0 Å². The third kappa shape index (κ3) is 3.63. The average Bonchev–Trinajstić information content (AvgIpc) is 2.53. The van der Waals surface area contributed by atoms with Crippen molar-refractivity contribution in [3.63, 3.8) is 0 Å². The first kappa shape index (κ1) is 17.4. The molecule has 7 heteroatoms. The number of sulfonamides is 1. The Morgan fingerprint density at radius 1 is 1.25 bits per heavy atom. The van der Waals surface area contributed by atoms with Gasteiger partial charge in [-0.2, -0.15) is 4.31 Å². The first-order chi connectivity index (χ1) is 11.5. The van der Waals surface area contributed by atoms with Crippen LogP contribution in [0.4, 0.5) is 0 Å². The average molecular weight is 351 g/mol. The van der Waals surface area contributed by atoms with Crippen LogP contribution in [0.1, 0.15) is 36.5 Å². The van der Waals surface area contributed by atoms with Gasteiger partial charge < -0.3 is 10.6 Å². The third-order valence-corrected chi connectivity index (χ3v) is 6.91. The standard InChI is InChI=1S/C17H25N3O3S/c1-13-4-2-3-9-20(13)24(22,23)16-7-5-15(6-8-16)17(21)19-12-14-10-18-11-14/h5-8,13-14,18H,2-4,9-12H2,1H3,(H,19,21). The minimum absolute atomic E-state index is 0.0304. The lowest BCUT2D eigenvalue weighted by Gasteiger charge is -2.32. The van der Waals surface area contributed by atoms with E-state index in [2.05, 4.69) is 10.6 Å². The van der Waals surface area contributed by atoms with E-state index in [1.807, 2.05) is 6.92 Å². The Kier molecular flexibility index (Phi) is 5.22. The van der Waals surface area contributed by atoms with E-state index in [0.717, 1.165) is 32.4 Å². The number of nitrogens with one attached hydrogen (secondary N) is 2. The molecule has 2 saturated heterocycles. The minimum Gasteiger partial charge on any atom is -0.352 e. The number of rotatable bonds is 5. The van der Waals surface area contributed by atoms with Gasteiger partial charge in [0.2, 0.25) is 10.0 Å². The summed E-state index contributed by atoms with van der Waals surface area (Å²) in [4.78, 5) is 12.4. The van der Waals surface area contributed by atoms with Gasteiger partial charge in [0.15, 0.2) is 0 Å². The summed E-state index contributed by atoms with van der Waals surface area (Å²) >= 11 is 0. The fourth-order valence-corrected chi connectivity index (χ4v) is 4.87. The molecular formula is C17H25N3O3S. The van der Waals surface area contributed by atoms with E-state index in [1.54, 1.807) is 16.4 Å². The van der Waals surface area contributed by atoms with Gasteiger partial charge in [0.25, 0.3) is 5.91 Å². The molecule has 6 nitrogen and oxygen atoms in total. The number of nitrogens with zero attached hydrogens (tertiary/aromatic N) is 1. The number of amides is 1. The second kappa shape index (κ2) is 7.21. The largest absolute Gasteiger partial charge is 0.352 e. The van der Waals surface area contributed by atoms with Crippen molar-refractivity contribution < 1.29 is 13.2 Å². The molecular weight excluding hydrogens is 326 g/mol. The third-order valence-electron chi connectivity index (χ3n) is 4.88. The van der Waals surface area contributed by atoms with Gasteiger partial charge >= 0.3 is 0 Å². The SMILES string of the molecule is CC1CCCCN1S(=O)(=O)c1ccc(C(=O)NCC2CNC2)cc1. The molecule has 0 saturated carbocycles. The maximum absolute atomic E-state index is 12.8. The van der Waals surface area contributed by atoms with Crippen molar-refractivity contribution >= 4 is 15.9 Å². The lowest BCUT2D eigenvalue weighted by atomic mass is 10.0. The number of carbonyl (C=O) groups is 1. The summed E-state index contributed by atoms with van der Waals surface area (Å²) in [6.45, 7) is 5.04.